The van der Waals surface area contributed by atoms with Crippen LogP contribution in [0.2, 0.25) is 0 Å². The molecule has 0 radical (unpaired) electrons. The Hall–Kier alpha value is -5.51. The minimum Gasteiger partial charge on any atom is -0.420 e. The Balaban J connectivity index is 0.713. The lowest BCUT2D eigenvalue weighted by Gasteiger charge is -2.34. The molecular weight excluding hydrogens is 1160 g/mol. The van der Waals surface area contributed by atoms with Crippen LogP contribution in [-0.2, 0) is 65.2 Å². The minimum absolute atomic E-state index is 0.0498. The van der Waals surface area contributed by atoms with Crippen molar-refractivity contribution >= 4 is 29.7 Å². The molecule has 3 aliphatic rings. The highest BCUT2D eigenvalue weighted by Crippen LogP contribution is 2.38. The van der Waals surface area contributed by atoms with Crippen molar-refractivity contribution in [1.82, 2.24) is 24.7 Å². The second-order valence-corrected chi connectivity index (χ2v) is 22.5. The fraction of sp³-hybridized carbons (Fsp3) is 0.683. The number of aromatic nitrogens is 2. The van der Waals surface area contributed by atoms with E-state index in [1.165, 1.54) is 5.69 Å². The third kappa shape index (κ3) is 25.4. The number of esters is 1. The molecule has 1 saturated heterocycles. The number of fused-ring (bicyclic) bond motifs is 1. The topological polar surface area (TPSA) is 221 Å². The molecule has 0 spiro atoms. The van der Waals surface area contributed by atoms with Crippen LogP contribution in [0, 0.1) is 30.3 Å². The van der Waals surface area contributed by atoms with Gasteiger partial charge in [0.25, 0.3) is 0 Å². The molecule has 2 aromatic carbocycles. The molecule has 3 N–H and O–H groups in total. The van der Waals surface area contributed by atoms with Crippen LogP contribution in [0.5, 0.6) is 5.75 Å². The van der Waals surface area contributed by atoms with Crippen LogP contribution in [0.4, 0.5) is 22.0 Å². The normalized spacial score (nSPS) is 18.0. The van der Waals surface area contributed by atoms with E-state index in [0.29, 0.717) is 155 Å². The molecule has 492 valence electrons. The molecule has 3 heterocycles. The Morgan fingerprint density at radius 1 is 0.761 bits per heavy atom. The lowest BCUT2D eigenvalue weighted by atomic mass is 9.86. The molecule has 1 aliphatic carbocycles. The van der Waals surface area contributed by atoms with Gasteiger partial charge in [-0.15, -0.1) is 0 Å². The van der Waals surface area contributed by atoms with Gasteiger partial charge in [-0.25, -0.2) is 26.9 Å². The van der Waals surface area contributed by atoms with Crippen molar-refractivity contribution in [2.24, 2.45) is 21.9 Å². The number of imidazole rings is 1. The number of aliphatic imine (C=N–C) groups is 1. The molecule has 2 amide bonds. The summed E-state index contributed by atoms with van der Waals surface area (Å²) in [6, 6.07) is 11.6. The van der Waals surface area contributed by atoms with Gasteiger partial charge in [-0.05, 0) is 84.1 Å². The fourth-order valence-corrected chi connectivity index (χ4v) is 11.3. The molecule has 2 fully saturated rings. The van der Waals surface area contributed by atoms with Crippen molar-refractivity contribution in [2.45, 2.75) is 147 Å². The summed E-state index contributed by atoms with van der Waals surface area (Å²) in [6.07, 6.45) is 8.45. The summed E-state index contributed by atoms with van der Waals surface area (Å²) < 4.78 is 119. The molecule has 6 rings (SSSR count). The number of aryl methyl sites for hydroxylation is 1. The number of unbranched alkanes of at least 4 members (excludes halogenated alkanes) is 1. The van der Waals surface area contributed by atoms with Gasteiger partial charge in [0.1, 0.15) is 11.6 Å². The maximum Gasteiger partial charge on any atom is 0.313 e. The first-order valence-electron chi connectivity index (χ1n) is 31.2. The number of rotatable bonds is 43. The number of likely N-dealkylation sites (tertiary alicyclic amines) is 1. The predicted molar refractivity (Wildman–Crippen MR) is 320 cm³/mol. The Morgan fingerprint density at radius 3 is 1.90 bits per heavy atom. The van der Waals surface area contributed by atoms with Crippen LogP contribution < -0.4 is 15.9 Å². The first-order valence-corrected chi connectivity index (χ1v) is 31.2. The van der Waals surface area contributed by atoms with Crippen LogP contribution in [0.25, 0.3) is 0 Å². The molecule has 4 atom stereocenters. The summed E-state index contributed by atoms with van der Waals surface area (Å²) in [4.78, 5) is 52.5. The Labute approximate surface area is 514 Å². The van der Waals surface area contributed by atoms with Crippen LogP contribution in [-0.4, -0.2) is 192 Å². The molecule has 2 aliphatic heterocycles. The molecule has 4 unspecified atom stereocenters. The van der Waals surface area contributed by atoms with Crippen molar-refractivity contribution in [2.75, 3.05) is 125 Å². The van der Waals surface area contributed by atoms with Gasteiger partial charge < -0.3 is 63.3 Å². The maximum atomic E-state index is 13.9. The fourth-order valence-electron chi connectivity index (χ4n) is 11.3. The lowest BCUT2D eigenvalue weighted by Crippen LogP contribution is -2.41. The number of carbonyl (C=O) groups is 3. The number of ether oxygens (including phenoxy) is 9. The number of carbonyl (C=O) groups excluding carboxylic acids is 3. The third-order valence-electron chi connectivity index (χ3n) is 15.9. The summed E-state index contributed by atoms with van der Waals surface area (Å²) in [5, 5.41) is 7.16. The average Bonchev–Trinajstić information content (AvgIpc) is 3.40. The molecule has 20 nitrogen and oxygen atoms in total. The number of nitrogens with one attached hydrogen (secondary N) is 1. The van der Waals surface area contributed by atoms with Crippen LogP contribution in [0.1, 0.15) is 132 Å². The molecular formula is C63H93F5N8O12. The number of hydrogen-bond donors (Lipinski definition) is 2. The monoisotopic (exact) mass is 1250 g/mol. The molecule has 25 heteroatoms. The van der Waals surface area contributed by atoms with E-state index >= 15 is 0 Å². The smallest absolute Gasteiger partial charge is 0.313 e. The van der Waals surface area contributed by atoms with E-state index in [1.807, 2.05) is 35.2 Å². The summed E-state index contributed by atoms with van der Waals surface area (Å²) in [6.45, 7) is 14.6. The Bertz CT molecular complexity index is 2570. The van der Waals surface area contributed by atoms with Crippen molar-refractivity contribution in [3.63, 3.8) is 0 Å². The van der Waals surface area contributed by atoms with Gasteiger partial charge in [0, 0.05) is 86.9 Å². The minimum atomic E-state index is -2.68. The lowest BCUT2D eigenvalue weighted by molar-refractivity contribution is -0.136. The first kappa shape index (κ1) is 71.6. The second kappa shape index (κ2) is 39.6. The van der Waals surface area contributed by atoms with Gasteiger partial charge in [-0.2, -0.15) is 5.10 Å². The van der Waals surface area contributed by atoms with Gasteiger partial charge in [0.15, 0.2) is 11.6 Å². The van der Waals surface area contributed by atoms with E-state index in [0.717, 1.165) is 62.2 Å². The van der Waals surface area contributed by atoms with Crippen molar-refractivity contribution in [3.05, 3.63) is 82.7 Å². The van der Waals surface area contributed by atoms with Gasteiger partial charge in [-0.1, -0.05) is 30.3 Å². The number of hydrogen-bond acceptors (Lipinski definition) is 17. The second-order valence-electron chi connectivity index (χ2n) is 22.5. The van der Waals surface area contributed by atoms with E-state index in [1.54, 1.807) is 6.21 Å². The molecule has 1 saturated carbocycles. The Morgan fingerprint density at radius 2 is 1.32 bits per heavy atom. The Kier molecular flexibility index (Phi) is 32.2. The summed E-state index contributed by atoms with van der Waals surface area (Å²) in [5.74, 6) is -2.05. The highest BCUT2D eigenvalue weighted by Gasteiger charge is 2.39. The van der Waals surface area contributed by atoms with E-state index in [2.05, 4.69) is 50.4 Å². The number of halogens is 5. The van der Waals surface area contributed by atoms with E-state index in [4.69, 9.17) is 48.7 Å². The number of alkyl halides is 2. The van der Waals surface area contributed by atoms with Crippen molar-refractivity contribution in [3.8, 4) is 5.75 Å². The summed E-state index contributed by atoms with van der Waals surface area (Å²) in [5.41, 5.74) is 3.87. The zero-order valence-corrected chi connectivity index (χ0v) is 51.6. The maximum absolute atomic E-state index is 13.9. The van der Waals surface area contributed by atoms with Crippen LogP contribution >= 0.6 is 0 Å². The molecule has 88 heavy (non-hydrogen) atoms. The zero-order valence-electron chi connectivity index (χ0n) is 51.6. The van der Waals surface area contributed by atoms with Gasteiger partial charge >= 0.3 is 5.97 Å². The summed E-state index contributed by atoms with van der Waals surface area (Å²) in [7, 11) is 0. The zero-order chi connectivity index (χ0) is 62.9. The van der Waals surface area contributed by atoms with Gasteiger partial charge in [0.05, 0.1) is 143 Å². The van der Waals surface area contributed by atoms with Gasteiger partial charge in [0.2, 0.25) is 23.5 Å². The molecule has 0 bridgehead atoms. The van der Waals surface area contributed by atoms with Crippen molar-refractivity contribution in [1.29, 1.82) is 0 Å². The highest BCUT2D eigenvalue weighted by atomic mass is 19.3. The third-order valence-corrected chi connectivity index (χ3v) is 15.9. The van der Waals surface area contributed by atoms with E-state index in [-0.39, 0.29) is 81.7 Å². The number of hydrazone groups is 1. The van der Waals surface area contributed by atoms with E-state index < -0.39 is 35.1 Å². The predicted octanol–water partition coefficient (Wildman–Crippen LogP) is 8.45. The largest absolute Gasteiger partial charge is 0.420 e. The van der Waals surface area contributed by atoms with Gasteiger partial charge in [-0.3, -0.25) is 24.3 Å². The number of nitrogens with zero attached hydrogens (tertiary/aromatic N) is 6. The van der Waals surface area contributed by atoms with Crippen LogP contribution in [0.3, 0.4) is 0 Å². The van der Waals surface area contributed by atoms with Crippen molar-refractivity contribution < 1.29 is 79.0 Å². The quantitative estimate of drug-likeness (QED) is 0.0103. The van der Waals surface area contributed by atoms with Crippen LogP contribution in [0.15, 0.2) is 52.6 Å². The first-order chi connectivity index (χ1) is 42.6. The van der Waals surface area contributed by atoms with E-state index in [9.17, 15) is 36.3 Å². The number of benzene rings is 2. The summed E-state index contributed by atoms with van der Waals surface area (Å²) >= 11 is 0. The molecule has 1 aromatic heterocycles. The number of nitrogens with two attached hydrogens (primary N) is 1. The number of amides is 2. The highest BCUT2D eigenvalue weighted by molar-refractivity contribution is 6.30. The SMILES string of the molecule is Cc1nc2c(n1C(C)CC1CCC(C)N1CCC(NC(=O)C1CCC(F)(F)CC1)c1ccccc1)CCN(C(=O)CCCC/C(C=NCCOCCOCCOCCOCCOCCOCCOCCOCCC(=O)Oc1c(F)cc(F)cc1F)=N/N)C2. The molecule has 3 aromatic rings. The standard InChI is InChI=1S/C63H93F5N8O12/c1-46-13-14-53(75(46)24-17-56(49-9-5-4-6-10-49)72-62(79)50-15-20-63(67,68)21-16-50)41-47(2)76-48(3)71-57-45-74(23-18-58(57)76)59(77)12-8-7-11-52(73-69)44-70-22-26-81-28-30-83-32-34-85-36-38-87-40-39-86-37-35-84-33-31-82-29-27-80-25-19-60(78)88-61-54(65)42-51(64)43-55(61)66/h4-6,9-10,42-44,46-47,50,53,56H,7-8,11-41,45,69H2,1-3H3,(H,72,79)/b70-44?,73-52-. The average molecular weight is 1250 g/mol.